The van der Waals surface area contributed by atoms with E-state index < -0.39 is 0 Å². The largest absolute Gasteiger partial charge is 0.508 e. The van der Waals surface area contributed by atoms with Crippen LogP contribution in [0.4, 0.5) is 0 Å². The van der Waals surface area contributed by atoms with Gasteiger partial charge in [-0.1, -0.05) is 31.6 Å². The number of phenols is 1. The molecular formula is C65H71BI2O11S4. The Labute approximate surface area is 532 Å². The van der Waals surface area contributed by atoms with Gasteiger partial charge in [0.1, 0.15) is 36.2 Å². The Morgan fingerprint density at radius 1 is 0.434 bits per heavy atom. The molecule has 18 heteroatoms. The molecule has 0 bridgehead atoms. The minimum atomic E-state index is -0.358. The van der Waals surface area contributed by atoms with Crippen LogP contribution in [0, 0.1) is 5.77 Å². The van der Waals surface area contributed by atoms with Crippen LogP contribution in [0.5, 0.6) is 23.0 Å². The maximum Gasteiger partial charge on any atom is 0.330 e. The molecule has 0 amide bonds. The average molecular weight is 1420 g/mol. The molecule has 0 saturated heterocycles. The van der Waals surface area contributed by atoms with Crippen LogP contribution < -0.4 is 14.2 Å². The van der Waals surface area contributed by atoms with Gasteiger partial charge in [-0.05, 0) is 263 Å². The molecule has 0 aliphatic carbocycles. The minimum absolute atomic E-state index is 0.256. The summed E-state index contributed by atoms with van der Waals surface area (Å²) in [6.07, 6.45) is 16.8. The van der Waals surface area contributed by atoms with E-state index in [1.54, 1.807) is 36.4 Å². The monoisotopic (exact) mass is 1420 g/mol. The smallest absolute Gasteiger partial charge is 0.330 e. The first kappa shape index (κ1) is 67.3. The number of carbonyl (C=O) groups is 1. The summed E-state index contributed by atoms with van der Waals surface area (Å²) < 4.78 is 30.6. The third-order valence-electron chi connectivity index (χ3n) is 12.4. The standard InChI is InChI=1S/C40H44O6S2.C15H22O4.C10H4I2S2.BHO/c1-3-21-45-46-25-12-8-7-10-23-43-35-19-15-31(16-20-35)37-27-33-29-38-32(28-39(33)48-37)26-36(47-38)30-13-17-34(18-14-30)42-22-9-5-6-11-24-44-40(41)4-2;1-2-11-18-19-13-6-4-3-5-12-17-15-9-7-14(16)8-10-15;11-9-3-5-1-7-6(2-8(5)14-9)4-10(12)13-7;1-2/h3-4,13-20,26-29H,1-2,5-12,21-25H2;2,7-10,16H,1,3-6,11-13H2;1-4H;2H. The van der Waals surface area contributed by atoms with Gasteiger partial charge in [0.05, 0.1) is 45.4 Å². The zero-order valence-corrected chi connectivity index (χ0v) is 54.2. The number of esters is 1. The molecule has 9 rings (SSSR count). The van der Waals surface area contributed by atoms with Gasteiger partial charge < -0.3 is 29.1 Å². The molecular weight excluding hydrogens is 1350 g/mol. The van der Waals surface area contributed by atoms with Crippen molar-refractivity contribution < 1.29 is 53.4 Å². The van der Waals surface area contributed by atoms with Gasteiger partial charge in [-0.2, -0.15) is 0 Å². The molecule has 4 heterocycles. The number of benzene rings is 5. The van der Waals surface area contributed by atoms with E-state index in [4.69, 9.17) is 48.6 Å². The number of hydrogen-bond donors (Lipinski definition) is 2. The molecule has 0 unspecified atom stereocenters. The summed E-state index contributed by atoms with van der Waals surface area (Å²) >= 11 is 12.2. The molecule has 0 spiro atoms. The lowest BCUT2D eigenvalue weighted by molar-refractivity contribution is -0.286. The first-order chi connectivity index (χ1) is 40.7. The predicted molar refractivity (Wildman–Crippen MR) is 364 cm³/mol. The normalized spacial score (nSPS) is 10.8. The molecule has 4 aromatic heterocycles. The highest BCUT2D eigenvalue weighted by atomic mass is 127. The van der Waals surface area contributed by atoms with Crippen molar-refractivity contribution in [3.8, 4) is 43.9 Å². The highest BCUT2D eigenvalue weighted by Crippen LogP contribution is 2.41. The minimum Gasteiger partial charge on any atom is -0.508 e. The summed E-state index contributed by atoms with van der Waals surface area (Å²) in [5.74, 6) is 2.48. The van der Waals surface area contributed by atoms with Gasteiger partial charge in [0.2, 0.25) is 0 Å². The van der Waals surface area contributed by atoms with Gasteiger partial charge in [0, 0.05) is 34.6 Å². The van der Waals surface area contributed by atoms with Gasteiger partial charge in [-0.15, -0.1) is 58.5 Å². The molecule has 11 nitrogen and oxygen atoms in total. The SMILES string of the molecule is C=CCOOCCCCCCOc1ccc(-c2cc3cc4sc(-c5ccc(OCCCCCCOC(=O)C=C)cc5)cc4cc3s2)cc1.C=CCOOCCCCCCOc1ccc(O)cc1.Ic1cc2cc3sc(I)cc3cc2s1.[B]O. The summed E-state index contributed by atoms with van der Waals surface area (Å²) in [5, 5.41) is 20.9. The Balaban J connectivity index is 0.000000255. The molecule has 5 aromatic carbocycles. The van der Waals surface area contributed by atoms with Crippen LogP contribution in [0.1, 0.15) is 77.0 Å². The number of carbonyl (C=O) groups excluding carboxylic acids is 1. The van der Waals surface area contributed by atoms with E-state index in [-0.39, 0.29) is 11.7 Å². The van der Waals surface area contributed by atoms with E-state index in [1.165, 1.54) is 73.1 Å². The number of hydrogen-bond acceptors (Lipinski definition) is 15. The summed E-state index contributed by atoms with van der Waals surface area (Å²) in [7, 11) is 3.50. The van der Waals surface area contributed by atoms with Crippen molar-refractivity contribution in [2.24, 2.45) is 0 Å². The Bertz CT molecular complexity index is 3170. The predicted octanol–water partition coefficient (Wildman–Crippen LogP) is 19.0. The van der Waals surface area contributed by atoms with Gasteiger partial charge >= 0.3 is 5.97 Å². The fraction of sp³-hybridized carbons (Fsp3) is 0.308. The molecule has 0 aliphatic heterocycles. The Morgan fingerprint density at radius 3 is 1.14 bits per heavy atom. The van der Waals surface area contributed by atoms with Crippen LogP contribution in [0.25, 0.3) is 61.2 Å². The highest BCUT2D eigenvalue weighted by Gasteiger charge is 2.11. The third kappa shape index (κ3) is 24.2. The van der Waals surface area contributed by atoms with Crippen molar-refractivity contribution >= 4 is 145 Å². The Kier molecular flexibility index (Phi) is 31.6. The number of halogens is 2. The molecule has 0 fully saturated rings. The van der Waals surface area contributed by atoms with Crippen molar-refractivity contribution in [1.82, 2.24) is 0 Å². The van der Waals surface area contributed by atoms with E-state index in [2.05, 4.69) is 170 Å². The molecule has 438 valence electrons. The number of ether oxygens (including phenoxy) is 4. The van der Waals surface area contributed by atoms with E-state index in [9.17, 15) is 4.79 Å². The summed E-state index contributed by atoms with van der Waals surface area (Å²) in [5.41, 5.74) is 2.41. The van der Waals surface area contributed by atoms with Gasteiger partial charge in [-0.25, -0.2) is 24.3 Å². The zero-order chi connectivity index (χ0) is 58.9. The molecule has 9 aromatic rings. The van der Waals surface area contributed by atoms with E-state index >= 15 is 0 Å². The lowest BCUT2D eigenvalue weighted by Gasteiger charge is -2.07. The fourth-order valence-corrected chi connectivity index (χ4v) is 14.2. The van der Waals surface area contributed by atoms with Crippen LogP contribution in [0.3, 0.4) is 0 Å². The van der Waals surface area contributed by atoms with Crippen LogP contribution in [-0.4, -0.2) is 77.0 Å². The van der Waals surface area contributed by atoms with E-state index in [0.717, 1.165) is 94.3 Å². The fourth-order valence-electron chi connectivity index (χ4n) is 8.24. The van der Waals surface area contributed by atoms with Gasteiger partial charge in [-0.3, -0.25) is 0 Å². The van der Waals surface area contributed by atoms with Crippen molar-refractivity contribution in [3.05, 3.63) is 165 Å². The highest BCUT2D eigenvalue weighted by molar-refractivity contribution is 14.1. The van der Waals surface area contributed by atoms with Crippen molar-refractivity contribution in [2.45, 2.75) is 77.0 Å². The third-order valence-corrected chi connectivity index (χ3v) is 18.4. The van der Waals surface area contributed by atoms with E-state index in [0.29, 0.717) is 52.9 Å². The lowest BCUT2D eigenvalue weighted by Crippen LogP contribution is -2.02. The number of rotatable bonds is 33. The van der Waals surface area contributed by atoms with Crippen molar-refractivity contribution in [1.29, 1.82) is 0 Å². The lowest BCUT2D eigenvalue weighted by atomic mass is 10.1. The summed E-state index contributed by atoms with van der Waals surface area (Å²) in [6, 6.07) is 41.9. The second-order valence-corrected chi connectivity index (χ2v) is 26.8. The molecule has 2 N–H and O–H groups in total. The number of fused-ring (bicyclic) bond motifs is 4. The number of aromatic hydroxyl groups is 1. The molecule has 0 atom stereocenters. The van der Waals surface area contributed by atoms with Crippen molar-refractivity contribution in [2.75, 3.05) is 52.9 Å². The summed E-state index contributed by atoms with van der Waals surface area (Å²) in [6.45, 7) is 15.1. The van der Waals surface area contributed by atoms with Crippen LogP contribution in [0.2, 0.25) is 0 Å². The second-order valence-electron chi connectivity index (χ2n) is 18.7. The second kappa shape index (κ2) is 39.0. The summed E-state index contributed by atoms with van der Waals surface area (Å²) in [4.78, 5) is 33.3. The zero-order valence-electron chi connectivity index (χ0n) is 46.6. The van der Waals surface area contributed by atoms with Gasteiger partial charge in [0.15, 0.2) is 0 Å². The Morgan fingerprint density at radius 2 is 0.771 bits per heavy atom. The first-order valence-electron chi connectivity index (χ1n) is 27.6. The molecule has 2 radical (unpaired) electrons. The van der Waals surface area contributed by atoms with Crippen molar-refractivity contribution in [3.63, 3.8) is 0 Å². The Hall–Kier alpha value is -4.85. The quantitative estimate of drug-likeness (QED) is 0.00596. The van der Waals surface area contributed by atoms with E-state index in [1.807, 2.05) is 45.3 Å². The number of thiophene rings is 4. The maximum absolute atomic E-state index is 11.1. The average Bonchev–Trinajstić information content (AvgIpc) is 3.52. The van der Waals surface area contributed by atoms with Gasteiger partial charge in [0.25, 0.3) is 8.05 Å². The maximum atomic E-state index is 11.1. The van der Waals surface area contributed by atoms with Crippen LogP contribution >= 0.6 is 90.5 Å². The number of unbranched alkanes of at least 4 members (excludes halogenated alkanes) is 9. The number of phenolic OH excluding ortho intramolecular Hbond substituents is 1. The van der Waals surface area contributed by atoms with Crippen LogP contribution in [0.15, 0.2) is 159 Å². The van der Waals surface area contributed by atoms with Crippen LogP contribution in [-0.2, 0) is 29.1 Å². The first-order valence-corrected chi connectivity index (χ1v) is 33.0. The molecule has 0 saturated carbocycles. The molecule has 83 heavy (non-hydrogen) atoms. The molecule has 0 aliphatic rings. The topological polar surface area (TPSA) is 131 Å².